The molecule has 0 atom stereocenters. The molecule has 4 aromatic carbocycles. The molecule has 0 bridgehead atoms. The van der Waals surface area contributed by atoms with Gasteiger partial charge in [-0.2, -0.15) is 39.5 Å². The fourth-order valence-corrected chi connectivity index (χ4v) is 7.30. The number of nitrogens with two attached hydrogens (primary N) is 2. The fraction of sp³-hybridized carbons (Fsp3) is 0.0714. The van der Waals surface area contributed by atoms with Gasteiger partial charge < -0.3 is 26.4 Å². The molecule has 0 unspecified atom stereocenters. The molecule has 7 rings (SSSR count). The van der Waals surface area contributed by atoms with E-state index in [4.69, 9.17) is 22.1 Å². The molecule has 3 aromatic heterocycles. The van der Waals surface area contributed by atoms with Crippen LogP contribution in [0, 0.1) is 11.6 Å². The van der Waals surface area contributed by atoms with Crippen molar-refractivity contribution in [2.24, 2.45) is 0 Å². The first-order chi connectivity index (χ1) is 31.9. The number of alkyl halides is 9. The van der Waals surface area contributed by atoms with Gasteiger partial charge in [-0.05, 0) is 64.7 Å². The predicted octanol–water partition coefficient (Wildman–Crippen LogP) is 9.37. The zero-order chi connectivity index (χ0) is 51.7. The van der Waals surface area contributed by atoms with Crippen molar-refractivity contribution >= 4 is 46.8 Å². The normalized spacial score (nSPS) is 11.7. The van der Waals surface area contributed by atoms with E-state index in [-0.39, 0.29) is 23.6 Å². The van der Waals surface area contributed by atoms with Crippen molar-refractivity contribution in [1.29, 1.82) is 0 Å². The van der Waals surface area contributed by atoms with Crippen LogP contribution in [-0.4, -0.2) is 31.8 Å². The second kappa shape index (κ2) is 21.7. The highest BCUT2D eigenvalue weighted by Gasteiger charge is 2.35. The summed E-state index contributed by atoms with van der Waals surface area (Å²) in [5.74, 6) is -1.32. The van der Waals surface area contributed by atoms with Crippen LogP contribution in [0.1, 0.15) is 16.7 Å². The number of anilines is 3. The van der Waals surface area contributed by atoms with Crippen molar-refractivity contribution < 1.29 is 65.1 Å². The molecular formula is C42H30ClF11N6O7S2. The van der Waals surface area contributed by atoms with Gasteiger partial charge in [-0.25, -0.2) is 25.6 Å². The Balaban J connectivity index is 0.000000215. The zero-order valence-corrected chi connectivity index (χ0v) is 36.5. The molecule has 366 valence electrons. The van der Waals surface area contributed by atoms with Crippen LogP contribution in [0.4, 0.5) is 65.4 Å². The summed E-state index contributed by atoms with van der Waals surface area (Å²) >= 11 is 0. The highest BCUT2D eigenvalue weighted by atomic mass is 35.7. The molecule has 0 aliphatic heterocycles. The summed E-state index contributed by atoms with van der Waals surface area (Å²) in [4.78, 5) is 36.1. The van der Waals surface area contributed by atoms with Gasteiger partial charge in [0.05, 0.1) is 33.8 Å². The predicted molar refractivity (Wildman–Crippen MR) is 233 cm³/mol. The van der Waals surface area contributed by atoms with Crippen LogP contribution in [0.15, 0.2) is 158 Å². The van der Waals surface area contributed by atoms with Gasteiger partial charge in [-0.1, -0.05) is 72.8 Å². The third-order valence-electron chi connectivity index (χ3n) is 8.63. The maximum absolute atomic E-state index is 14.1. The smallest absolute Gasteiger partial charge is 0.396 e. The number of aromatic amines is 3. The molecule has 8 N–H and O–H groups in total. The van der Waals surface area contributed by atoms with Crippen LogP contribution in [-0.2, 0) is 37.6 Å². The standard InChI is InChI=1S/C18H12F4N2O3S.C12H10FN.C6H3ClF3NO3S.C6H5F3N2O/c19-14-7-6-12(11-4-2-1-3-5-11)8-15(14)24-28(26,27)16-9-13(18(20,21)22)10-23-17(16)25;13-11-7-6-10(8-12(11)14)9-4-2-1-3-5-9;7-15(13,14)4-1-3(6(8,9)10)2-11-5(4)12;7-6(8,9)3-1-4(10)5(12)11-2-3/h1-10,24H,(H,23,25);1-8H,14H2;1-2H,(H,11,12);1-2H,10H2,(H,11,12). The van der Waals surface area contributed by atoms with Crippen molar-refractivity contribution in [2.75, 3.05) is 16.2 Å². The minimum atomic E-state index is -4.87. The van der Waals surface area contributed by atoms with Crippen molar-refractivity contribution in [3.8, 4) is 22.3 Å². The average molecular weight is 1040 g/mol. The van der Waals surface area contributed by atoms with E-state index in [0.717, 1.165) is 17.2 Å². The van der Waals surface area contributed by atoms with Gasteiger partial charge in [-0.3, -0.25) is 19.1 Å². The number of nitrogen functional groups attached to an aromatic ring is 2. The summed E-state index contributed by atoms with van der Waals surface area (Å²) < 4.78 is 186. The van der Waals surface area contributed by atoms with Crippen LogP contribution in [0.2, 0.25) is 0 Å². The molecule has 7 aromatic rings. The molecule has 0 spiro atoms. The summed E-state index contributed by atoms with van der Waals surface area (Å²) in [7, 11) is -4.50. The number of rotatable bonds is 6. The van der Waals surface area contributed by atoms with Gasteiger partial charge in [0.1, 0.15) is 16.5 Å². The van der Waals surface area contributed by atoms with Gasteiger partial charge in [0.25, 0.3) is 35.8 Å². The minimum absolute atomic E-state index is 0.182. The van der Waals surface area contributed by atoms with E-state index in [2.05, 4.69) is 0 Å². The van der Waals surface area contributed by atoms with Gasteiger partial charge in [-0.15, -0.1) is 0 Å². The molecule has 13 nitrogen and oxygen atoms in total. The Hall–Kier alpha value is -7.45. The van der Waals surface area contributed by atoms with Gasteiger partial charge in [0.15, 0.2) is 4.90 Å². The number of halogens is 12. The molecule has 0 fully saturated rings. The summed E-state index contributed by atoms with van der Waals surface area (Å²) in [5.41, 5.74) is 6.03. The number of sulfonamides is 1. The lowest BCUT2D eigenvalue weighted by molar-refractivity contribution is -0.138. The molecule has 0 aliphatic rings. The quantitative estimate of drug-likeness (QED) is 0.0529. The maximum Gasteiger partial charge on any atom is 0.417 e. The summed E-state index contributed by atoms with van der Waals surface area (Å²) in [6.07, 6.45) is -12.8. The topological polar surface area (TPSA) is 231 Å². The second-order valence-electron chi connectivity index (χ2n) is 13.5. The number of hydrogen-bond acceptors (Lipinski definition) is 9. The zero-order valence-electron chi connectivity index (χ0n) is 34.1. The van der Waals surface area contributed by atoms with E-state index in [1.807, 2.05) is 40.0 Å². The molecular weight excluding hydrogens is 1010 g/mol. The molecule has 0 saturated carbocycles. The Morgan fingerprint density at radius 1 is 0.464 bits per heavy atom. The average Bonchev–Trinajstić information content (AvgIpc) is 3.26. The van der Waals surface area contributed by atoms with Crippen LogP contribution in [0.25, 0.3) is 22.3 Å². The highest BCUT2D eigenvalue weighted by Crippen LogP contribution is 2.32. The summed E-state index contributed by atoms with van der Waals surface area (Å²) in [6.45, 7) is 0. The molecule has 0 aliphatic carbocycles. The fourth-order valence-electron chi connectivity index (χ4n) is 5.27. The van der Waals surface area contributed by atoms with Gasteiger partial charge in [0.2, 0.25) is 0 Å². The molecule has 0 radical (unpaired) electrons. The Bertz CT molecular complexity index is 3330. The molecule has 3 heterocycles. The van der Waals surface area contributed by atoms with E-state index >= 15 is 0 Å². The van der Waals surface area contributed by atoms with Crippen molar-refractivity contribution in [2.45, 2.75) is 28.3 Å². The van der Waals surface area contributed by atoms with E-state index < -0.39 is 98.0 Å². The Labute approximate surface area is 385 Å². The number of pyridine rings is 3. The molecule has 0 amide bonds. The van der Waals surface area contributed by atoms with Crippen LogP contribution < -0.4 is 32.9 Å². The first kappa shape index (κ1) is 54.2. The highest BCUT2D eigenvalue weighted by molar-refractivity contribution is 8.13. The first-order valence-electron chi connectivity index (χ1n) is 18.5. The number of aromatic nitrogens is 3. The number of H-pyrrole nitrogens is 3. The van der Waals surface area contributed by atoms with Crippen molar-refractivity contribution in [3.63, 3.8) is 0 Å². The van der Waals surface area contributed by atoms with Crippen LogP contribution in [0.5, 0.6) is 0 Å². The lowest BCUT2D eigenvalue weighted by atomic mass is 10.1. The SMILES string of the molecule is Nc1cc(-c2ccccc2)ccc1F.Nc1cc(C(F)(F)F)c[nH]c1=O.O=c1[nH]cc(C(F)(F)F)cc1S(=O)(=O)Cl.O=c1[nH]cc(C(F)(F)F)cc1S(=O)(=O)Nc1cc(-c2ccccc2)ccc1F. The van der Waals surface area contributed by atoms with E-state index in [0.29, 0.717) is 35.8 Å². The van der Waals surface area contributed by atoms with Crippen LogP contribution >= 0.6 is 10.7 Å². The van der Waals surface area contributed by atoms with Crippen LogP contribution in [0.3, 0.4) is 0 Å². The second-order valence-corrected chi connectivity index (χ2v) is 17.7. The van der Waals surface area contributed by atoms with E-state index in [1.54, 1.807) is 52.4 Å². The largest absolute Gasteiger partial charge is 0.417 e. The molecule has 27 heteroatoms. The Kier molecular flexibility index (Phi) is 17.0. The summed E-state index contributed by atoms with van der Waals surface area (Å²) in [5, 5.41) is 0. The van der Waals surface area contributed by atoms with Gasteiger partial charge >= 0.3 is 18.5 Å². The maximum atomic E-state index is 14.1. The summed E-state index contributed by atoms with van der Waals surface area (Å²) in [6, 6.07) is 27.7. The lowest BCUT2D eigenvalue weighted by Crippen LogP contribution is -2.24. The first-order valence-corrected chi connectivity index (χ1v) is 22.3. The van der Waals surface area contributed by atoms with E-state index in [9.17, 15) is 79.5 Å². The number of hydrogen-bond donors (Lipinski definition) is 6. The monoisotopic (exact) mass is 1040 g/mol. The number of nitrogens with one attached hydrogen (secondary N) is 4. The Morgan fingerprint density at radius 3 is 1.28 bits per heavy atom. The number of benzene rings is 4. The van der Waals surface area contributed by atoms with Crippen molar-refractivity contribution in [1.82, 2.24) is 15.0 Å². The lowest BCUT2D eigenvalue weighted by Gasteiger charge is -2.12. The third-order valence-corrected chi connectivity index (χ3v) is 11.3. The molecule has 69 heavy (non-hydrogen) atoms. The molecule has 0 saturated heterocycles. The Morgan fingerprint density at radius 2 is 0.855 bits per heavy atom. The van der Waals surface area contributed by atoms with E-state index in [1.165, 1.54) is 18.2 Å². The van der Waals surface area contributed by atoms with Crippen molar-refractivity contribution in [3.05, 3.63) is 193 Å². The minimum Gasteiger partial charge on any atom is -0.396 e. The van der Waals surface area contributed by atoms with Gasteiger partial charge in [0, 0.05) is 29.3 Å². The third kappa shape index (κ3) is 15.3.